The highest BCUT2D eigenvalue weighted by Crippen LogP contribution is 2.30. The van der Waals surface area contributed by atoms with Crippen molar-refractivity contribution in [1.29, 1.82) is 0 Å². The van der Waals surface area contributed by atoms with Gasteiger partial charge in [0.2, 0.25) is 0 Å². The van der Waals surface area contributed by atoms with Gasteiger partial charge < -0.3 is 9.64 Å². The van der Waals surface area contributed by atoms with E-state index in [9.17, 15) is 9.59 Å². The number of pyridine rings is 1. The predicted octanol–water partition coefficient (Wildman–Crippen LogP) is 5.68. The molecule has 1 N–H and O–H groups in total. The molecule has 5 aromatic rings. The lowest BCUT2D eigenvalue weighted by molar-refractivity contribution is -0.123. The second-order valence-electron chi connectivity index (χ2n) is 9.55. The third-order valence-electron chi connectivity index (χ3n) is 6.87. The molecule has 2 aromatic heterocycles. The van der Waals surface area contributed by atoms with Crippen LogP contribution in [0, 0.1) is 0 Å². The Hall–Kier alpha value is -4.14. The van der Waals surface area contributed by atoms with Crippen molar-refractivity contribution in [2.75, 3.05) is 18.9 Å². The van der Waals surface area contributed by atoms with Crippen LogP contribution in [0.15, 0.2) is 72.1 Å². The summed E-state index contributed by atoms with van der Waals surface area (Å²) < 4.78 is 5.70. The highest BCUT2D eigenvalue weighted by atomic mass is 32.1. The maximum absolute atomic E-state index is 13.4. The molecule has 0 fully saturated rings. The maximum Gasteiger partial charge on any atom is 0.339 e. The number of esters is 1. The van der Waals surface area contributed by atoms with E-state index in [2.05, 4.69) is 39.5 Å². The van der Waals surface area contributed by atoms with Gasteiger partial charge >= 0.3 is 5.97 Å². The first-order valence-corrected chi connectivity index (χ1v) is 13.4. The SMILES string of the molecule is CC(OC(=O)c1c2c(nc3ccccc13)CCN(C)C2)C(=O)Nc1nc(-c2ccc3ccccc3c2)cs1. The third kappa shape index (κ3) is 4.64. The average molecular weight is 523 g/mol. The minimum atomic E-state index is -1.00. The number of thiazole rings is 1. The molecule has 1 unspecified atom stereocenters. The molecule has 7 nitrogen and oxygen atoms in total. The van der Waals surface area contributed by atoms with E-state index in [4.69, 9.17) is 9.72 Å². The van der Waals surface area contributed by atoms with Crippen LogP contribution >= 0.6 is 11.3 Å². The van der Waals surface area contributed by atoms with Crippen molar-refractivity contribution in [3.63, 3.8) is 0 Å². The van der Waals surface area contributed by atoms with Crippen molar-refractivity contribution in [3.05, 3.63) is 88.9 Å². The Morgan fingerprint density at radius 2 is 1.82 bits per heavy atom. The van der Waals surface area contributed by atoms with Crippen LogP contribution in [0.2, 0.25) is 0 Å². The lowest BCUT2D eigenvalue weighted by Gasteiger charge is -2.27. The molecule has 38 heavy (non-hydrogen) atoms. The summed E-state index contributed by atoms with van der Waals surface area (Å²) in [6, 6.07) is 21.9. The van der Waals surface area contributed by atoms with Crippen LogP contribution in [0.1, 0.15) is 28.5 Å². The number of carbonyl (C=O) groups excluding carboxylic acids is 2. The van der Waals surface area contributed by atoms with Crippen LogP contribution < -0.4 is 5.32 Å². The van der Waals surface area contributed by atoms with Crippen molar-refractivity contribution < 1.29 is 14.3 Å². The number of fused-ring (bicyclic) bond motifs is 3. The Balaban J connectivity index is 1.20. The fraction of sp³-hybridized carbons (Fsp3) is 0.200. The van der Waals surface area contributed by atoms with Gasteiger partial charge in [-0.25, -0.2) is 9.78 Å². The van der Waals surface area contributed by atoms with Gasteiger partial charge in [0.05, 0.1) is 16.8 Å². The summed E-state index contributed by atoms with van der Waals surface area (Å²) in [5.41, 5.74) is 4.78. The number of nitrogens with one attached hydrogen (secondary N) is 1. The van der Waals surface area contributed by atoms with E-state index >= 15 is 0 Å². The van der Waals surface area contributed by atoms with E-state index in [1.807, 2.05) is 54.9 Å². The number of carbonyl (C=O) groups is 2. The van der Waals surface area contributed by atoms with Crippen LogP contribution in [-0.4, -0.2) is 46.4 Å². The van der Waals surface area contributed by atoms with Gasteiger partial charge in [-0.1, -0.05) is 54.6 Å². The molecule has 1 aliphatic heterocycles. The predicted molar refractivity (Wildman–Crippen MR) is 150 cm³/mol. The number of para-hydroxylation sites is 1. The first-order chi connectivity index (χ1) is 18.5. The van der Waals surface area contributed by atoms with Crippen molar-refractivity contribution >= 4 is 50.0 Å². The molecule has 6 rings (SSSR count). The Bertz CT molecular complexity index is 1700. The van der Waals surface area contributed by atoms with E-state index in [0.717, 1.165) is 57.2 Å². The Kier molecular flexibility index (Phi) is 6.35. The Morgan fingerprint density at radius 1 is 1.03 bits per heavy atom. The van der Waals surface area contributed by atoms with E-state index in [1.54, 1.807) is 6.92 Å². The van der Waals surface area contributed by atoms with Crippen LogP contribution in [0.4, 0.5) is 5.13 Å². The minimum Gasteiger partial charge on any atom is -0.449 e. The first kappa shape index (κ1) is 24.2. The number of hydrogen-bond acceptors (Lipinski definition) is 7. The number of anilines is 1. The molecule has 3 aromatic carbocycles. The molecule has 1 aliphatic rings. The number of aromatic nitrogens is 2. The Morgan fingerprint density at radius 3 is 2.68 bits per heavy atom. The average Bonchev–Trinajstić information content (AvgIpc) is 3.39. The Labute approximate surface area is 224 Å². The zero-order valence-corrected chi connectivity index (χ0v) is 21.9. The molecule has 190 valence electrons. The normalized spacial score (nSPS) is 14.3. The number of rotatable bonds is 5. The van der Waals surface area contributed by atoms with Gasteiger partial charge in [0.25, 0.3) is 5.91 Å². The molecule has 1 amide bonds. The summed E-state index contributed by atoms with van der Waals surface area (Å²) in [6.07, 6.45) is -0.240. The molecule has 0 radical (unpaired) electrons. The van der Waals surface area contributed by atoms with E-state index < -0.39 is 18.0 Å². The molecule has 1 atom stereocenters. The lowest BCUT2D eigenvalue weighted by atomic mass is 9.96. The van der Waals surface area contributed by atoms with Crippen molar-refractivity contribution in [3.8, 4) is 11.3 Å². The van der Waals surface area contributed by atoms with Crippen LogP contribution in [0.25, 0.3) is 32.9 Å². The second kappa shape index (κ2) is 9.96. The number of likely N-dealkylation sites (N-methyl/N-ethyl adjacent to an activating group) is 1. The molecular weight excluding hydrogens is 496 g/mol. The molecular formula is C30H26N4O3S. The monoisotopic (exact) mass is 522 g/mol. The zero-order chi connectivity index (χ0) is 26.2. The van der Waals surface area contributed by atoms with Gasteiger partial charge in [-0.05, 0) is 36.9 Å². The molecule has 0 aliphatic carbocycles. The summed E-state index contributed by atoms with van der Waals surface area (Å²) in [5, 5.41) is 8.18. The number of benzene rings is 3. The number of ether oxygens (including phenoxy) is 1. The number of hydrogen-bond donors (Lipinski definition) is 1. The molecule has 0 saturated carbocycles. The van der Waals surface area contributed by atoms with Crippen LogP contribution in [-0.2, 0) is 22.5 Å². The fourth-order valence-electron chi connectivity index (χ4n) is 4.85. The number of amides is 1. The summed E-state index contributed by atoms with van der Waals surface area (Å²) in [6.45, 7) is 3.06. The molecule has 3 heterocycles. The molecule has 8 heteroatoms. The van der Waals surface area contributed by atoms with Gasteiger partial charge in [0.15, 0.2) is 11.2 Å². The van der Waals surface area contributed by atoms with Gasteiger partial charge in [-0.15, -0.1) is 11.3 Å². The standard InChI is InChI=1S/C30H26N4O3S/c1-18(28(35)33-30-32-26(17-38-30)21-12-11-19-7-3-4-8-20(19)15-21)37-29(36)27-22-9-5-6-10-24(22)31-25-13-14-34(2)16-23(25)27/h3-12,15,17-18H,13-14,16H2,1-2H3,(H,32,33,35). The highest BCUT2D eigenvalue weighted by Gasteiger charge is 2.28. The van der Waals surface area contributed by atoms with Gasteiger partial charge in [0.1, 0.15) is 0 Å². The van der Waals surface area contributed by atoms with Crippen LogP contribution in [0.5, 0.6) is 0 Å². The van der Waals surface area contributed by atoms with Crippen molar-refractivity contribution in [2.24, 2.45) is 0 Å². The van der Waals surface area contributed by atoms with E-state index in [1.165, 1.54) is 11.3 Å². The molecule has 0 bridgehead atoms. The smallest absolute Gasteiger partial charge is 0.339 e. The zero-order valence-electron chi connectivity index (χ0n) is 21.1. The molecule has 0 spiro atoms. The molecule has 0 saturated heterocycles. The summed E-state index contributed by atoms with van der Waals surface area (Å²) in [7, 11) is 2.02. The van der Waals surface area contributed by atoms with Gasteiger partial charge in [-0.2, -0.15) is 0 Å². The summed E-state index contributed by atoms with van der Waals surface area (Å²) in [4.78, 5) is 37.9. The topological polar surface area (TPSA) is 84.4 Å². The second-order valence-corrected chi connectivity index (χ2v) is 10.4. The van der Waals surface area contributed by atoms with E-state index in [-0.39, 0.29) is 0 Å². The summed E-state index contributed by atoms with van der Waals surface area (Å²) in [5.74, 6) is -0.948. The number of nitrogens with zero attached hydrogens (tertiary/aromatic N) is 3. The third-order valence-corrected chi connectivity index (χ3v) is 7.63. The fourth-order valence-corrected chi connectivity index (χ4v) is 5.57. The summed E-state index contributed by atoms with van der Waals surface area (Å²) >= 11 is 1.33. The largest absolute Gasteiger partial charge is 0.449 e. The maximum atomic E-state index is 13.4. The van der Waals surface area contributed by atoms with Crippen molar-refractivity contribution in [2.45, 2.75) is 26.0 Å². The van der Waals surface area contributed by atoms with Gasteiger partial charge in [0, 0.05) is 47.1 Å². The quantitative estimate of drug-likeness (QED) is 0.299. The van der Waals surface area contributed by atoms with E-state index in [0.29, 0.717) is 17.2 Å². The highest BCUT2D eigenvalue weighted by molar-refractivity contribution is 7.14. The van der Waals surface area contributed by atoms with Crippen LogP contribution in [0.3, 0.4) is 0 Å². The van der Waals surface area contributed by atoms with Crippen molar-refractivity contribution in [1.82, 2.24) is 14.9 Å². The van der Waals surface area contributed by atoms with Gasteiger partial charge in [-0.3, -0.25) is 15.1 Å². The minimum absolute atomic E-state index is 0.429. The first-order valence-electron chi connectivity index (χ1n) is 12.5. The lowest BCUT2D eigenvalue weighted by Crippen LogP contribution is -2.32.